The number of carbonyl (C=O) groups is 3. The van der Waals surface area contributed by atoms with Gasteiger partial charge in [-0.15, -0.1) is 0 Å². The number of halogens is 1. The molecule has 0 bridgehead atoms. The van der Waals surface area contributed by atoms with Crippen LogP contribution in [0.25, 0.3) is 0 Å². The van der Waals surface area contributed by atoms with Crippen LogP contribution in [0.1, 0.15) is 20.7 Å². The Morgan fingerprint density at radius 2 is 1.75 bits per heavy atom. The summed E-state index contributed by atoms with van der Waals surface area (Å²) < 4.78 is 17.6. The van der Waals surface area contributed by atoms with E-state index in [2.05, 4.69) is 10.6 Å². The number of rotatable bonds is 5. The van der Waals surface area contributed by atoms with Gasteiger partial charge in [0.25, 0.3) is 11.8 Å². The van der Waals surface area contributed by atoms with Crippen LogP contribution < -0.4 is 10.6 Å². The molecule has 0 saturated heterocycles. The van der Waals surface area contributed by atoms with Gasteiger partial charge in [0.05, 0.1) is 5.56 Å². The molecule has 7 heteroatoms. The number of anilines is 1. The van der Waals surface area contributed by atoms with E-state index in [1.807, 2.05) is 0 Å². The number of nitrogens with one attached hydrogen (secondary N) is 2. The monoisotopic (exact) mass is 330 g/mol. The third-order valence-corrected chi connectivity index (χ3v) is 3.05. The minimum absolute atomic E-state index is 0.144. The van der Waals surface area contributed by atoms with Gasteiger partial charge in [-0.3, -0.25) is 9.59 Å². The lowest BCUT2D eigenvalue weighted by Crippen LogP contribution is -2.22. The molecule has 0 spiro atoms. The maximum absolute atomic E-state index is 12.8. The predicted molar refractivity (Wildman–Crippen MR) is 85.1 cm³/mol. The van der Waals surface area contributed by atoms with E-state index in [1.165, 1.54) is 25.2 Å². The van der Waals surface area contributed by atoms with Gasteiger partial charge >= 0.3 is 5.97 Å². The van der Waals surface area contributed by atoms with Gasteiger partial charge in [-0.05, 0) is 42.5 Å². The van der Waals surface area contributed by atoms with Gasteiger partial charge in [0, 0.05) is 18.3 Å². The Morgan fingerprint density at radius 1 is 1.04 bits per heavy atom. The van der Waals surface area contributed by atoms with Gasteiger partial charge in [0.1, 0.15) is 5.82 Å². The first-order valence-corrected chi connectivity index (χ1v) is 7.04. The minimum atomic E-state index is -0.732. The summed E-state index contributed by atoms with van der Waals surface area (Å²) in [7, 11) is 1.50. The molecule has 0 fully saturated rings. The van der Waals surface area contributed by atoms with E-state index < -0.39 is 24.3 Å². The van der Waals surface area contributed by atoms with Gasteiger partial charge in [0.2, 0.25) is 0 Å². The fourth-order valence-corrected chi connectivity index (χ4v) is 1.88. The molecule has 0 aliphatic heterocycles. The van der Waals surface area contributed by atoms with Gasteiger partial charge in [-0.25, -0.2) is 9.18 Å². The number of amides is 2. The van der Waals surface area contributed by atoms with Crippen molar-refractivity contribution in [3.05, 3.63) is 65.5 Å². The first-order chi connectivity index (χ1) is 11.5. The molecule has 0 atom stereocenters. The molecule has 6 nitrogen and oxygen atoms in total. The molecule has 124 valence electrons. The van der Waals surface area contributed by atoms with E-state index in [4.69, 9.17) is 4.74 Å². The van der Waals surface area contributed by atoms with E-state index >= 15 is 0 Å². The minimum Gasteiger partial charge on any atom is -0.452 e. The van der Waals surface area contributed by atoms with Crippen molar-refractivity contribution in [3.63, 3.8) is 0 Å². The van der Waals surface area contributed by atoms with E-state index in [9.17, 15) is 18.8 Å². The number of esters is 1. The van der Waals surface area contributed by atoms with E-state index in [0.717, 1.165) is 12.1 Å². The van der Waals surface area contributed by atoms with Crippen molar-refractivity contribution in [1.29, 1.82) is 0 Å². The zero-order valence-electron chi connectivity index (χ0n) is 12.8. The van der Waals surface area contributed by atoms with Crippen molar-refractivity contribution in [3.8, 4) is 0 Å². The van der Waals surface area contributed by atoms with Gasteiger partial charge < -0.3 is 15.4 Å². The zero-order valence-corrected chi connectivity index (χ0v) is 12.8. The zero-order chi connectivity index (χ0) is 17.5. The van der Waals surface area contributed by atoms with Gasteiger partial charge in [0.15, 0.2) is 6.61 Å². The summed E-state index contributed by atoms with van der Waals surface area (Å²) in [6.45, 7) is -0.500. The molecule has 2 N–H and O–H groups in total. The number of carbonyl (C=O) groups excluding carboxylic acids is 3. The summed E-state index contributed by atoms with van der Waals surface area (Å²) >= 11 is 0. The molecule has 2 aromatic rings. The summed E-state index contributed by atoms with van der Waals surface area (Å²) in [6, 6.07) is 11.1. The van der Waals surface area contributed by atoms with E-state index in [-0.39, 0.29) is 11.5 Å². The predicted octanol–water partition coefficient (Wildman–Crippen LogP) is 1.98. The molecular weight excluding hydrogens is 315 g/mol. The number of ether oxygens (including phenoxy) is 1. The summed E-state index contributed by atoms with van der Waals surface area (Å²) in [5, 5.41) is 5.00. The molecule has 0 unspecified atom stereocenters. The van der Waals surface area contributed by atoms with Crippen LogP contribution in [0.2, 0.25) is 0 Å². The van der Waals surface area contributed by atoms with Crippen LogP contribution in [0, 0.1) is 5.82 Å². The maximum Gasteiger partial charge on any atom is 0.338 e. The highest BCUT2D eigenvalue weighted by Gasteiger charge is 2.11. The third kappa shape index (κ3) is 4.64. The summed E-state index contributed by atoms with van der Waals surface area (Å²) in [5.41, 5.74) is 0.934. The second-order valence-electron chi connectivity index (χ2n) is 4.79. The maximum atomic E-state index is 12.8. The first kappa shape index (κ1) is 17.1. The Labute approximate surface area is 137 Å². The standard InChI is InChI=1S/C17H15FN2O4/c1-19-16(22)12-3-2-4-14(9-12)20-15(21)10-24-17(23)11-5-7-13(18)8-6-11/h2-9H,10H2,1H3,(H,19,22)(H,20,21). The lowest BCUT2D eigenvalue weighted by atomic mass is 10.2. The Bertz CT molecular complexity index is 759. The molecule has 0 heterocycles. The van der Waals surface area contributed by atoms with E-state index in [1.54, 1.807) is 18.2 Å². The normalized spacial score (nSPS) is 9.92. The number of hydrogen-bond acceptors (Lipinski definition) is 4. The molecule has 0 radical (unpaired) electrons. The van der Waals surface area contributed by atoms with Crippen molar-refractivity contribution < 1.29 is 23.5 Å². The fraction of sp³-hybridized carbons (Fsp3) is 0.118. The van der Waals surface area contributed by atoms with E-state index in [0.29, 0.717) is 11.3 Å². The van der Waals surface area contributed by atoms with Crippen molar-refractivity contribution in [2.45, 2.75) is 0 Å². The Hall–Kier alpha value is -3.22. The summed E-state index contributed by atoms with van der Waals surface area (Å²) in [4.78, 5) is 35.0. The summed E-state index contributed by atoms with van der Waals surface area (Å²) in [5.74, 6) is -2.04. The van der Waals surface area contributed by atoms with Crippen molar-refractivity contribution in [2.75, 3.05) is 19.0 Å². The highest BCUT2D eigenvalue weighted by atomic mass is 19.1. The molecule has 0 aliphatic rings. The topological polar surface area (TPSA) is 84.5 Å². The average molecular weight is 330 g/mol. The second kappa shape index (κ2) is 7.87. The second-order valence-corrected chi connectivity index (χ2v) is 4.79. The van der Waals surface area contributed by atoms with Crippen molar-refractivity contribution in [1.82, 2.24) is 5.32 Å². The SMILES string of the molecule is CNC(=O)c1cccc(NC(=O)COC(=O)c2ccc(F)cc2)c1. The first-order valence-electron chi connectivity index (χ1n) is 7.04. The largest absolute Gasteiger partial charge is 0.452 e. The van der Waals surface area contributed by atoms with Gasteiger partial charge in [-0.1, -0.05) is 6.07 Å². The lowest BCUT2D eigenvalue weighted by molar-refractivity contribution is -0.119. The van der Waals surface area contributed by atoms with Crippen molar-refractivity contribution >= 4 is 23.5 Å². The smallest absolute Gasteiger partial charge is 0.338 e. The van der Waals surface area contributed by atoms with Gasteiger partial charge in [-0.2, -0.15) is 0 Å². The van der Waals surface area contributed by atoms with Crippen molar-refractivity contribution in [2.24, 2.45) is 0 Å². The van der Waals surface area contributed by atoms with Crippen LogP contribution in [0.3, 0.4) is 0 Å². The molecule has 0 aliphatic carbocycles. The Kier molecular flexibility index (Phi) is 5.62. The highest BCUT2D eigenvalue weighted by molar-refractivity contribution is 5.98. The van der Waals surface area contributed by atoms with Crippen LogP contribution in [-0.4, -0.2) is 31.4 Å². The summed E-state index contributed by atoms with van der Waals surface area (Å²) in [6.07, 6.45) is 0. The van der Waals surface area contributed by atoms with Crippen LogP contribution in [0.4, 0.5) is 10.1 Å². The molecule has 2 rings (SSSR count). The molecule has 0 saturated carbocycles. The van der Waals surface area contributed by atoms with Crippen LogP contribution in [0.15, 0.2) is 48.5 Å². The van der Waals surface area contributed by atoms with Crippen LogP contribution in [-0.2, 0) is 9.53 Å². The third-order valence-electron chi connectivity index (χ3n) is 3.05. The molecule has 0 aromatic heterocycles. The quantitative estimate of drug-likeness (QED) is 0.821. The number of benzene rings is 2. The number of hydrogen-bond donors (Lipinski definition) is 2. The molecule has 2 amide bonds. The molecular formula is C17H15FN2O4. The molecule has 2 aromatic carbocycles. The van der Waals surface area contributed by atoms with Crippen LogP contribution >= 0.6 is 0 Å². The van der Waals surface area contributed by atoms with Crippen LogP contribution in [0.5, 0.6) is 0 Å². The Morgan fingerprint density at radius 3 is 2.42 bits per heavy atom. The lowest BCUT2D eigenvalue weighted by Gasteiger charge is -2.08. The molecule has 24 heavy (non-hydrogen) atoms. The highest BCUT2D eigenvalue weighted by Crippen LogP contribution is 2.11. The Balaban J connectivity index is 1.90. The average Bonchev–Trinajstić information content (AvgIpc) is 2.59. The fourth-order valence-electron chi connectivity index (χ4n) is 1.88.